The van der Waals surface area contributed by atoms with E-state index in [-0.39, 0.29) is 29.0 Å². The maximum absolute atomic E-state index is 11.8. The van der Waals surface area contributed by atoms with E-state index in [2.05, 4.69) is 5.32 Å². The third-order valence-electron chi connectivity index (χ3n) is 4.94. The lowest BCUT2D eigenvalue weighted by Crippen LogP contribution is -2.23. The lowest BCUT2D eigenvalue weighted by atomic mass is 9.84. The highest BCUT2D eigenvalue weighted by molar-refractivity contribution is 6.01. The fourth-order valence-corrected chi connectivity index (χ4v) is 3.75. The number of benzene rings is 1. The Kier molecular flexibility index (Phi) is 5.68. The van der Waals surface area contributed by atoms with Gasteiger partial charge in [0.05, 0.1) is 21.8 Å². The highest BCUT2D eigenvalue weighted by atomic mass is 16.6. The number of dihydropyridines is 1. The van der Waals surface area contributed by atoms with Gasteiger partial charge in [-0.05, 0) is 37.8 Å². The molecule has 1 heterocycles. The molecule has 1 aliphatic heterocycles. The molecule has 27 heavy (non-hydrogen) atoms. The van der Waals surface area contributed by atoms with Crippen LogP contribution in [-0.2, 0) is 22.4 Å². The minimum Gasteiger partial charge on any atom is -0.478 e. The quantitative estimate of drug-likeness (QED) is 0.515. The van der Waals surface area contributed by atoms with E-state index in [1.54, 1.807) is 6.92 Å². The highest BCUT2D eigenvalue weighted by Gasteiger charge is 2.31. The molecule has 3 N–H and O–H groups in total. The summed E-state index contributed by atoms with van der Waals surface area (Å²) in [4.78, 5) is 34.3. The van der Waals surface area contributed by atoms with Gasteiger partial charge < -0.3 is 15.5 Å². The molecular formula is C19H22N2O6. The molecular weight excluding hydrogens is 352 g/mol. The molecule has 144 valence electrons. The number of nitrogens with one attached hydrogen (secondary N) is 1. The summed E-state index contributed by atoms with van der Waals surface area (Å²) in [6.45, 7) is 7.16. The average molecular weight is 374 g/mol. The number of rotatable bonds is 6. The number of nitro benzene ring substituents is 1. The molecule has 1 aliphatic rings. The smallest absolute Gasteiger partial charge is 0.334 e. The Labute approximate surface area is 156 Å². The SMILES string of the molecule is CCc1c(C)c(C2=C(C(=O)O)CC(C(=O)O)=CN2)c(C)c([N+](=O)[O-])c1CC. The molecule has 0 aromatic heterocycles. The van der Waals surface area contributed by atoms with Crippen molar-refractivity contribution in [3.05, 3.63) is 55.3 Å². The van der Waals surface area contributed by atoms with Gasteiger partial charge in [-0.3, -0.25) is 10.1 Å². The standard InChI is InChI=1S/C19H22N2O6/c1-5-12-9(3)15(10(4)17(21(26)27)13(12)6-2)16-14(19(24)25)7-11(8-20-16)18(22)23/h8,20H,5-7H2,1-4H3,(H,22,23)(H,24,25). The van der Waals surface area contributed by atoms with Gasteiger partial charge in [-0.1, -0.05) is 13.8 Å². The monoisotopic (exact) mass is 374 g/mol. The first kappa shape index (κ1) is 20.2. The van der Waals surface area contributed by atoms with Crippen LogP contribution in [0.25, 0.3) is 5.70 Å². The number of carboxylic acids is 2. The van der Waals surface area contributed by atoms with Crippen molar-refractivity contribution in [1.82, 2.24) is 5.32 Å². The van der Waals surface area contributed by atoms with Gasteiger partial charge in [0.1, 0.15) is 0 Å². The molecule has 0 bridgehead atoms. The zero-order valence-electron chi connectivity index (χ0n) is 15.7. The van der Waals surface area contributed by atoms with Crippen molar-refractivity contribution in [2.75, 3.05) is 0 Å². The molecule has 0 amide bonds. The van der Waals surface area contributed by atoms with Crippen molar-refractivity contribution >= 4 is 23.3 Å². The second-order valence-corrected chi connectivity index (χ2v) is 6.35. The van der Waals surface area contributed by atoms with Crippen molar-refractivity contribution in [3.63, 3.8) is 0 Å². The molecule has 0 unspecified atom stereocenters. The topological polar surface area (TPSA) is 130 Å². The van der Waals surface area contributed by atoms with Gasteiger partial charge in [0, 0.05) is 29.3 Å². The molecule has 0 spiro atoms. The molecule has 1 aromatic rings. The van der Waals surface area contributed by atoms with Crippen molar-refractivity contribution in [3.8, 4) is 0 Å². The summed E-state index contributed by atoms with van der Waals surface area (Å²) in [5.74, 6) is -2.47. The Morgan fingerprint density at radius 3 is 2.15 bits per heavy atom. The van der Waals surface area contributed by atoms with Gasteiger partial charge in [-0.25, -0.2) is 9.59 Å². The molecule has 0 radical (unpaired) electrons. The lowest BCUT2D eigenvalue weighted by Gasteiger charge is -2.24. The van der Waals surface area contributed by atoms with E-state index in [0.29, 0.717) is 29.5 Å². The number of hydrogen-bond acceptors (Lipinski definition) is 5. The Morgan fingerprint density at radius 2 is 1.70 bits per heavy atom. The Hall–Kier alpha value is -3.16. The third kappa shape index (κ3) is 3.42. The fourth-order valence-electron chi connectivity index (χ4n) is 3.75. The molecule has 0 saturated heterocycles. The van der Waals surface area contributed by atoms with Crippen LogP contribution in [0.15, 0.2) is 17.3 Å². The van der Waals surface area contributed by atoms with Gasteiger partial charge in [-0.15, -0.1) is 0 Å². The van der Waals surface area contributed by atoms with E-state index in [0.717, 1.165) is 11.1 Å². The normalized spacial score (nSPS) is 13.9. The first-order valence-electron chi connectivity index (χ1n) is 8.60. The number of nitrogens with zero attached hydrogens (tertiary/aromatic N) is 1. The Balaban J connectivity index is 2.87. The number of aliphatic carboxylic acids is 2. The van der Waals surface area contributed by atoms with E-state index < -0.39 is 16.9 Å². The lowest BCUT2D eigenvalue weighted by molar-refractivity contribution is -0.386. The maximum atomic E-state index is 11.8. The van der Waals surface area contributed by atoms with E-state index in [1.165, 1.54) is 6.20 Å². The van der Waals surface area contributed by atoms with Crippen LogP contribution < -0.4 is 5.32 Å². The van der Waals surface area contributed by atoms with E-state index in [4.69, 9.17) is 5.11 Å². The molecule has 1 aromatic carbocycles. The molecule has 0 fully saturated rings. The summed E-state index contributed by atoms with van der Waals surface area (Å²) >= 11 is 0. The van der Waals surface area contributed by atoms with E-state index in [1.807, 2.05) is 20.8 Å². The van der Waals surface area contributed by atoms with Crippen LogP contribution in [0.5, 0.6) is 0 Å². The first-order chi connectivity index (χ1) is 12.6. The van der Waals surface area contributed by atoms with Crippen LogP contribution in [0, 0.1) is 24.0 Å². The highest BCUT2D eigenvalue weighted by Crippen LogP contribution is 2.39. The zero-order valence-corrected chi connectivity index (χ0v) is 15.7. The predicted molar refractivity (Wildman–Crippen MR) is 99.4 cm³/mol. The van der Waals surface area contributed by atoms with Crippen molar-refractivity contribution in [1.29, 1.82) is 0 Å². The summed E-state index contributed by atoms with van der Waals surface area (Å²) in [5, 5.41) is 33.3. The number of carbonyl (C=O) groups is 2. The summed E-state index contributed by atoms with van der Waals surface area (Å²) in [6, 6.07) is 0. The summed E-state index contributed by atoms with van der Waals surface area (Å²) in [6.07, 6.45) is 2.03. The fraction of sp³-hybridized carbons (Fsp3) is 0.368. The summed E-state index contributed by atoms with van der Waals surface area (Å²) < 4.78 is 0. The van der Waals surface area contributed by atoms with Crippen LogP contribution in [0.1, 0.15) is 48.1 Å². The van der Waals surface area contributed by atoms with E-state index >= 15 is 0 Å². The number of nitro groups is 1. The Morgan fingerprint density at radius 1 is 1.11 bits per heavy atom. The first-order valence-corrected chi connectivity index (χ1v) is 8.60. The average Bonchev–Trinajstić information content (AvgIpc) is 2.60. The zero-order chi connectivity index (χ0) is 20.5. The largest absolute Gasteiger partial charge is 0.478 e. The number of hydrogen-bond donors (Lipinski definition) is 3. The van der Waals surface area contributed by atoms with Crippen LogP contribution in [0.4, 0.5) is 5.69 Å². The van der Waals surface area contributed by atoms with Gasteiger partial charge in [0.25, 0.3) is 5.69 Å². The molecule has 0 saturated carbocycles. The minimum absolute atomic E-state index is 0.0120. The van der Waals surface area contributed by atoms with Crippen molar-refractivity contribution in [2.45, 2.75) is 47.0 Å². The van der Waals surface area contributed by atoms with Crippen molar-refractivity contribution < 1.29 is 24.7 Å². The molecule has 0 atom stereocenters. The summed E-state index contributed by atoms with van der Waals surface area (Å²) in [5.41, 5.74) is 3.06. The molecule has 8 heteroatoms. The van der Waals surface area contributed by atoms with Gasteiger partial charge in [0.15, 0.2) is 0 Å². The van der Waals surface area contributed by atoms with Crippen LogP contribution in [0.3, 0.4) is 0 Å². The molecule has 2 rings (SSSR count). The van der Waals surface area contributed by atoms with Crippen LogP contribution >= 0.6 is 0 Å². The minimum atomic E-state index is -1.26. The van der Waals surface area contributed by atoms with Crippen LogP contribution in [-0.4, -0.2) is 27.1 Å². The maximum Gasteiger partial charge on any atom is 0.334 e. The van der Waals surface area contributed by atoms with Gasteiger partial charge in [-0.2, -0.15) is 0 Å². The third-order valence-corrected chi connectivity index (χ3v) is 4.94. The predicted octanol–water partition coefficient (Wildman–Crippen LogP) is 3.09. The molecule has 0 aliphatic carbocycles. The Bertz CT molecular complexity index is 912. The molecule has 8 nitrogen and oxygen atoms in total. The van der Waals surface area contributed by atoms with Gasteiger partial charge >= 0.3 is 11.9 Å². The summed E-state index contributed by atoms with van der Waals surface area (Å²) in [7, 11) is 0. The van der Waals surface area contributed by atoms with E-state index in [9.17, 15) is 24.8 Å². The second kappa shape index (κ2) is 7.61. The number of carboxylic acid groups (broad SMARTS) is 2. The van der Waals surface area contributed by atoms with Crippen LogP contribution in [0.2, 0.25) is 0 Å². The second-order valence-electron chi connectivity index (χ2n) is 6.35. The van der Waals surface area contributed by atoms with Gasteiger partial charge in [0.2, 0.25) is 0 Å². The van der Waals surface area contributed by atoms with Crippen molar-refractivity contribution in [2.24, 2.45) is 0 Å².